The summed E-state index contributed by atoms with van der Waals surface area (Å²) < 4.78 is 0. The lowest BCUT2D eigenvalue weighted by atomic mass is 10.1. The molecule has 0 aromatic heterocycles. The molecule has 1 heterocycles. The number of allylic oxidation sites excluding steroid dienone is 6. The van der Waals surface area contributed by atoms with E-state index in [4.69, 9.17) is 0 Å². The third-order valence-corrected chi connectivity index (χ3v) is 3.02. The van der Waals surface area contributed by atoms with Gasteiger partial charge in [0.25, 0.3) is 0 Å². The van der Waals surface area contributed by atoms with Crippen LogP contribution in [0.3, 0.4) is 0 Å². The highest BCUT2D eigenvalue weighted by atomic mass is 32.2. The van der Waals surface area contributed by atoms with E-state index in [-0.39, 0.29) is 0 Å². The average molecular weight is 164 g/mol. The van der Waals surface area contributed by atoms with Crippen LogP contribution in [0.2, 0.25) is 0 Å². The van der Waals surface area contributed by atoms with Gasteiger partial charge in [0.15, 0.2) is 0 Å². The third-order valence-electron chi connectivity index (χ3n) is 2.00. The third kappa shape index (κ3) is 1.59. The number of thioether (sulfide) groups is 1. The highest BCUT2D eigenvalue weighted by Gasteiger charge is 2.11. The molecule has 2 rings (SSSR count). The molecule has 0 N–H and O–H groups in total. The lowest BCUT2D eigenvalue weighted by Crippen LogP contribution is -1.88. The standard InChI is InChI=1S/C10H12S/c1-8-6-9-4-2-3-5-10(7-9)11-8/h4-6H,2-3,7H2,1H3. The minimum absolute atomic E-state index is 1.18. The summed E-state index contributed by atoms with van der Waals surface area (Å²) in [5, 5.41) is 0. The Bertz CT molecular complexity index is 256. The summed E-state index contributed by atoms with van der Waals surface area (Å²) in [6.45, 7) is 2.19. The Morgan fingerprint density at radius 2 is 2.09 bits per heavy atom. The van der Waals surface area contributed by atoms with Crippen molar-refractivity contribution in [2.45, 2.75) is 26.2 Å². The Kier molecular flexibility index (Phi) is 1.91. The van der Waals surface area contributed by atoms with Crippen LogP contribution in [0.4, 0.5) is 0 Å². The second-order valence-corrected chi connectivity index (χ2v) is 4.43. The first-order chi connectivity index (χ1) is 5.34. The zero-order chi connectivity index (χ0) is 7.68. The molecular weight excluding hydrogens is 152 g/mol. The first-order valence-corrected chi connectivity index (χ1v) is 4.90. The van der Waals surface area contributed by atoms with E-state index in [0.29, 0.717) is 0 Å². The summed E-state index contributed by atoms with van der Waals surface area (Å²) in [5.41, 5.74) is 1.52. The Balaban J connectivity index is 2.36. The molecule has 1 aliphatic carbocycles. The topological polar surface area (TPSA) is 0 Å². The molecule has 2 aliphatic rings. The molecular formula is C10H12S. The van der Waals surface area contributed by atoms with Crippen LogP contribution in [-0.2, 0) is 0 Å². The molecule has 0 amide bonds. The molecule has 0 aromatic rings. The maximum absolute atomic E-state index is 2.38. The smallest absolute Gasteiger partial charge is 0.00318 e. The first-order valence-electron chi connectivity index (χ1n) is 4.09. The van der Waals surface area contributed by atoms with Gasteiger partial charge in [-0.05, 0) is 41.2 Å². The molecule has 0 spiro atoms. The lowest BCUT2D eigenvalue weighted by Gasteiger charge is -2.13. The van der Waals surface area contributed by atoms with E-state index in [1.807, 2.05) is 11.8 Å². The molecule has 0 atom stereocenters. The quantitative estimate of drug-likeness (QED) is 0.527. The number of fused-ring (bicyclic) bond motifs is 2. The average Bonchev–Trinajstić information content (AvgIpc) is 2.11. The van der Waals surface area contributed by atoms with Gasteiger partial charge in [-0.25, -0.2) is 0 Å². The second-order valence-electron chi connectivity index (χ2n) is 3.06. The fourth-order valence-electron chi connectivity index (χ4n) is 1.54. The minimum Gasteiger partial charge on any atom is -0.0993 e. The molecule has 0 nitrogen and oxygen atoms in total. The molecule has 2 bridgehead atoms. The van der Waals surface area contributed by atoms with Gasteiger partial charge in [0, 0.05) is 6.42 Å². The molecule has 0 saturated carbocycles. The van der Waals surface area contributed by atoms with Crippen molar-refractivity contribution in [1.82, 2.24) is 0 Å². The van der Waals surface area contributed by atoms with Crippen molar-refractivity contribution in [2.24, 2.45) is 0 Å². The molecule has 0 unspecified atom stereocenters. The van der Waals surface area contributed by atoms with Crippen molar-refractivity contribution in [1.29, 1.82) is 0 Å². The predicted octanol–water partition coefficient (Wildman–Crippen LogP) is 3.63. The summed E-state index contributed by atoms with van der Waals surface area (Å²) in [6.07, 6.45) is 10.7. The van der Waals surface area contributed by atoms with Crippen molar-refractivity contribution < 1.29 is 0 Å². The summed E-state index contributed by atoms with van der Waals surface area (Å²) in [5.74, 6) is 0. The van der Waals surface area contributed by atoms with Crippen LogP contribution in [0.25, 0.3) is 0 Å². The van der Waals surface area contributed by atoms with E-state index in [0.717, 1.165) is 0 Å². The summed E-state index contributed by atoms with van der Waals surface area (Å²) in [4.78, 5) is 2.99. The van der Waals surface area contributed by atoms with Gasteiger partial charge in [0.2, 0.25) is 0 Å². The fourth-order valence-corrected chi connectivity index (χ4v) is 2.61. The SMILES string of the molecule is CC1=CC2=CCCC=C(C2)S1. The highest BCUT2D eigenvalue weighted by Crippen LogP contribution is 2.38. The van der Waals surface area contributed by atoms with Crippen molar-refractivity contribution in [3.63, 3.8) is 0 Å². The van der Waals surface area contributed by atoms with E-state index < -0.39 is 0 Å². The summed E-state index contributed by atoms with van der Waals surface area (Å²) in [7, 11) is 0. The van der Waals surface area contributed by atoms with Crippen molar-refractivity contribution in [2.75, 3.05) is 0 Å². The Hall–Kier alpha value is -0.430. The molecule has 0 fully saturated rings. The number of hydrogen-bond donors (Lipinski definition) is 0. The largest absolute Gasteiger partial charge is 0.0993 e. The van der Waals surface area contributed by atoms with Gasteiger partial charge in [0.1, 0.15) is 0 Å². The zero-order valence-electron chi connectivity index (χ0n) is 6.76. The molecule has 0 saturated heterocycles. The van der Waals surface area contributed by atoms with Gasteiger partial charge < -0.3 is 0 Å². The fraction of sp³-hybridized carbons (Fsp3) is 0.400. The van der Waals surface area contributed by atoms with Crippen LogP contribution in [0.5, 0.6) is 0 Å². The molecule has 1 heteroatoms. The zero-order valence-corrected chi connectivity index (χ0v) is 7.58. The second kappa shape index (κ2) is 2.90. The molecule has 0 radical (unpaired) electrons. The van der Waals surface area contributed by atoms with Crippen molar-refractivity contribution in [3.05, 3.63) is 33.6 Å². The van der Waals surface area contributed by atoms with E-state index in [1.165, 1.54) is 29.7 Å². The van der Waals surface area contributed by atoms with E-state index in [1.54, 1.807) is 4.91 Å². The summed E-state index contributed by atoms with van der Waals surface area (Å²) in [6, 6.07) is 0. The van der Waals surface area contributed by atoms with Crippen LogP contribution < -0.4 is 0 Å². The number of rotatable bonds is 0. The maximum atomic E-state index is 2.38. The van der Waals surface area contributed by atoms with Crippen LogP contribution in [0, 0.1) is 0 Å². The van der Waals surface area contributed by atoms with Crippen molar-refractivity contribution in [3.8, 4) is 0 Å². The van der Waals surface area contributed by atoms with Gasteiger partial charge in [-0.15, -0.1) is 0 Å². The van der Waals surface area contributed by atoms with E-state index >= 15 is 0 Å². The van der Waals surface area contributed by atoms with Crippen LogP contribution >= 0.6 is 11.8 Å². The monoisotopic (exact) mass is 164 g/mol. The minimum atomic E-state index is 1.18. The molecule has 58 valence electrons. The van der Waals surface area contributed by atoms with E-state index in [2.05, 4.69) is 25.2 Å². The lowest BCUT2D eigenvalue weighted by molar-refractivity contribution is 1.05. The van der Waals surface area contributed by atoms with Gasteiger partial charge in [-0.3, -0.25) is 0 Å². The van der Waals surface area contributed by atoms with Crippen LogP contribution in [0.15, 0.2) is 33.6 Å². The maximum Gasteiger partial charge on any atom is 0.00318 e. The van der Waals surface area contributed by atoms with Gasteiger partial charge >= 0.3 is 0 Å². The van der Waals surface area contributed by atoms with E-state index in [9.17, 15) is 0 Å². The van der Waals surface area contributed by atoms with Crippen LogP contribution in [0.1, 0.15) is 26.2 Å². The van der Waals surface area contributed by atoms with Gasteiger partial charge in [0.05, 0.1) is 0 Å². The summed E-state index contributed by atoms with van der Waals surface area (Å²) >= 11 is 1.94. The Morgan fingerprint density at radius 3 is 3.00 bits per heavy atom. The van der Waals surface area contributed by atoms with Gasteiger partial charge in [-0.1, -0.05) is 23.9 Å². The molecule has 11 heavy (non-hydrogen) atoms. The molecule has 1 aliphatic heterocycles. The van der Waals surface area contributed by atoms with Crippen molar-refractivity contribution >= 4 is 11.8 Å². The highest BCUT2D eigenvalue weighted by molar-refractivity contribution is 8.06. The number of hydrogen-bond acceptors (Lipinski definition) is 1. The normalized spacial score (nSPS) is 23.2. The Morgan fingerprint density at radius 1 is 1.27 bits per heavy atom. The molecule has 0 aromatic carbocycles. The first kappa shape index (κ1) is 7.23. The van der Waals surface area contributed by atoms with Crippen LogP contribution in [-0.4, -0.2) is 0 Å². The Labute approximate surface area is 72.1 Å². The van der Waals surface area contributed by atoms with Gasteiger partial charge in [-0.2, -0.15) is 0 Å². The predicted molar refractivity (Wildman–Crippen MR) is 51.4 cm³/mol.